The molecule has 0 aliphatic carbocycles. The van der Waals surface area contributed by atoms with Crippen LogP contribution in [0.25, 0.3) is 0 Å². The van der Waals surface area contributed by atoms with Crippen molar-refractivity contribution in [2.75, 3.05) is 0 Å². The smallest absolute Gasteiger partial charge is 0.119 e. The summed E-state index contributed by atoms with van der Waals surface area (Å²) < 4.78 is 2.61. The molecule has 0 radical (unpaired) electrons. The molecule has 0 spiro atoms. The van der Waals surface area contributed by atoms with Crippen molar-refractivity contribution in [1.82, 2.24) is 9.55 Å². The standard InChI is InChI=1S/C9H8ClN3S/c1-7(13-5-4-11-6-13)12-9-3-2-8(10)14-9/h2-6H,1H3. The van der Waals surface area contributed by atoms with Crippen molar-refractivity contribution in [3.8, 4) is 0 Å². The molecule has 0 saturated carbocycles. The van der Waals surface area contributed by atoms with Gasteiger partial charge in [0.15, 0.2) is 0 Å². The summed E-state index contributed by atoms with van der Waals surface area (Å²) in [6, 6.07) is 3.74. The maximum Gasteiger partial charge on any atom is 0.119 e. The molecular formula is C9H8ClN3S. The summed E-state index contributed by atoms with van der Waals surface area (Å²) in [7, 11) is 0. The zero-order valence-corrected chi connectivity index (χ0v) is 9.09. The molecule has 72 valence electrons. The average molecular weight is 226 g/mol. The van der Waals surface area contributed by atoms with E-state index < -0.39 is 0 Å². The number of thiophene rings is 1. The highest BCUT2D eigenvalue weighted by molar-refractivity contribution is 7.19. The van der Waals surface area contributed by atoms with Crippen LogP contribution in [0.3, 0.4) is 0 Å². The summed E-state index contributed by atoms with van der Waals surface area (Å²) in [5, 5.41) is 0.904. The SMILES string of the molecule is CC(=Nc1ccc(Cl)s1)n1ccnc1. The molecule has 0 N–H and O–H groups in total. The third-order valence-electron chi connectivity index (χ3n) is 1.71. The van der Waals surface area contributed by atoms with Gasteiger partial charge < -0.3 is 0 Å². The lowest BCUT2D eigenvalue weighted by molar-refractivity contribution is 1.11. The largest absolute Gasteiger partial charge is 0.294 e. The minimum atomic E-state index is 0.752. The van der Waals surface area contributed by atoms with E-state index in [9.17, 15) is 0 Å². The number of rotatable bonds is 1. The Morgan fingerprint density at radius 1 is 1.57 bits per heavy atom. The highest BCUT2D eigenvalue weighted by Gasteiger charge is 1.98. The van der Waals surface area contributed by atoms with Gasteiger partial charge in [-0.15, -0.1) is 11.3 Å². The molecule has 2 aromatic heterocycles. The summed E-state index contributed by atoms with van der Waals surface area (Å²) >= 11 is 7.26. The Bertz CT molecular complexity index is 444. The summed E-state index contributed by atoms with van der Waals surface area (Å²) in [4.78, 5) is 8.35. The number of nitrogens with zero attached hydrogens (tertiary/aromatic N) is 3. The van der Waals surface area contributed by atoms with Crippen LogP contribution in [0.2, 0.25) is 4.34 Å². The van der Waals surface area contributed by atoms with Crippen LogP contribution in [0.1, 0.15) is 6.92 Å². The Kier molecular flexibility index (Phi) is 2.65. The van der Waals surface area contributed by atoms with Crippen molar-refractivity contribution < 1.29 is 0 Å². The van der Waals surface area contributed by atoms with Crippen molar-refractivity contribution in [2.24, 2.45) is 4.99 Å². The first kappa shape index (κ1) is 9.43. The maximum absolute atomic E-state index is 5.80. The van der Waals surface area contributed by atoms with Gasteiger partial charge in [-0.25, -0.2) is 9.98 Å². The van der Waals surface area contributed by atoms with Gasteiger partial charge in [0.25, 0.3) is 0 Å². The summed E-state index contributed by atoms with van der Waals surface area (Å²) in [5.74, 6) is 0.876. The average Bonchev–Trinajstić information content (AvgIpc) is 2.75. The van der Waals surface area contributed by atoms with E-state index in [2.05, 4.69) is 9.98 Å². The summed E-state index contributed by atoms with van der Waals surface area (Å²) in [5.41, 5.74) is 0. The molecule has 0 atom stereocenters. The molecular weight excluding hydrogens is 218 g/mol. The molecule has 0 aliphatic heterocycles. The number of aliphatic imine (C=N–C) groups is 1. The van der Waals surface area contributed by atoms with Gasteiger partial charge in [-0.1, -0.05) is 11.6 Å². The van der Waals surface area contributed by atoms with Crippen LogP contribution < -0.4 is 0 Å². The fourth-order valence-electron chi connectivity index (χ4n) is 1.03. The van der Waals surface area contributed by atoms with Crippen LogP contribution in [0, 0.1) is 0 Å². The molecule has 0 unspecified atom stereocenters. The van der Waals surface area contributed by atoms with Gasteiger partial charge in [0, 0.05) is 12.4 Å². The highest BCUT2D eigenvalue weighted by atomic mass is 35.5. The topological polar surface area (TPSA) is 30.2 Å². The molecule has 3 nitrogen and oxygen atoms in total. The van der Waals surface area contributed by atoms with E-state index in [1.165, 1.54) is 11.3 Å². The Labute approximate surface area is 90.7 Å². The van der Waals surface area contributed by atoms with Gasteiger partial charge in [0.05, 0.1) is 4.34 Å². The van der Waals surface area contributed by atoms with Crippen molar-refractivity contribution >= 4 is 33.8 Å². The highest BCUT2D eigenvalue weighted by Crippen LogP contribution is 2.28. The quantitative estimate of drug-likeness (QED) is 0.542. The number of halogens is 1. The zero-order chi connectivity index (χ0) is 9.97. The Hall–Kier alpha value is -1.13. The summed E-state index contributed by atoms with van der Waals surface area (Å²) in [6.45, 7) is 1.93. The van der Waals surface area contributed by atoms with Crippen LogP contribution in [0.4, 0.5) is 5.00 Å². The Morgan fingerprint density at radius 2 is 2.43 bits per heavy atom. The second-order valence-corrected chi connectivity index (χ2v) is 4.40. The number of hydrogen-bond acceptors (Lipinski definition) is 3. The van der Waals surface area contributed by atoms with E-state index in [1.807, 2.05) is 29.8 Å². The van der Waals surface area contributed by atoms with Crippen LogP contribution in [-0.2, 0) is 0 Å². The van der Waals surface area contributed by atoms with E-state index in [4.69, 9.17) is 11.6 Å². The van der Waals surface area contributed by atoms with Crippen molar-refractivity contribution in [3.05, 3.63) is 35.2 Å². The number of imidazole rings is 1. The lowest BCUT2D eigenvalue weighted by Gasteiger charge is -1.98. The third-order valence-corrected chi connectivity index (χ3v) is 2.83. The normalized spacial score (nSPS) is 12.0. The van der Waals surface area contributed by atoms with Crippen LogP contribution in [0.5, 0.6) is 0 Å². The molecule has 2 aromatic rings. The third kappa shape index (κ3) is 2.02. The second-order valence-electron chi connectivity index (χ2n) is 2.71. The molecule has 2 rings (SSSR count). The van der Waals surface area contributed by atoms with E-state index in [-0.39, 0.29) is 0 Å². The minimum absolute atomic E-state index is 0.752. The van der Waals surface area contributed by atoms with Crippen molar-refractivity contribution in [2.45, 2.75) is 6.92 Å². The van der Waals surface area contributed by atoms with Gasteiger partial charge >= 0.3 is 0 Å². The second kappa shape index (κ2) is 3.94. The van der Waals surface area contributed by atoms with Crippen LogP contribution in [0.15, 0.2) is 35.8 Å². The van der Waals surface area contributed by atoms with Gasteiger partial charge in [-0.05, 0) is 19.1 Å². The maximum atomic E-state index is 5.80. The molecule has 0 aliphatic rings. The molecule has 0 fully saturated rings. The predicted molar refractivity (Wildman–Crippen MR) is 59.7 cm³/mol. The Morgan fingerprint density at radius 3 is 3.00 bits per heavy atom. The van der Waals surface area contributed by atoms with E-state index in [1.54, 1.807) is 12.5 Å². The Balaban J connectivity index is 2.27. The molecule has 0 amide bonds. The molecule has 14 heavy (non-hydrogen) atoms. The van der Waals surface area contributed by atoms with Crippen molar-refractivity contribution in [3.63, 3.8) is 0 Å². The molecule has 5 heteroatoms. The molecule has 0 aromatic carbocycles. The first-order valence-electron chi connectivity index (χ1n) is 4.04. The monoisotopic (exact) mass is 225 g/mol. The van der Waals surface area contributed by atoms with E-state index in [0.717, 1.165) is 15.2 Å². The first-order chi connectivity index (χ1) is 6.75. The fraction of sp³-hybridized carbons (Fsp3) is 0.111. The zero-order valence-electron chi connectivity index (χ0n) is 7.51. The van der Waals surface area contributed by atoms with E-state index in [0.29, 0.717) is 0 Å². The fourth-order valence-corrected chi connectivity index (χ4v) is 1.98. The van der Waals surface area contributed by atoms with Crippen molar-refractivity contribution in [1.29, 1.82) is 0 Å². The lowest BCUT2D eigenvalue weighted by Crippen LogP contribution is -2.02. The van der Waals surface area contributed by atoms with Gasteiger partial charge in [0.1, 0.15) is 17.2 Å². The molecule has 0 bridgehead atoms. The number of hydrogen-bond donors (Lipinski definition) is 0. The lowest BCUT2D eigenvalue weighted by atomic mass is 10.6. The van der Waals surface area contributed by atoms with Gasteiger partial charge in [-0.3, -0.25) is 4.57 Å². The number of aromatic nitrogens is 2. The first-order valence-corrected chi connectivity index (χ1v) is 5.24. The van der Waals surface area contributed by atoms with Gasteiger partial charge in [-0.2, -0.15) is 0 Å². The van der Waals surface area contributed by atoms with Gasteiger partial charge in [0.2, 0.25) is 0 Å². The van der Waals surface area contributed by atoms with Crippen LogP contribution >= 0.6 is 22.9 Å². The molecule has 2 heterocycles. The summed E-state index contributed by atoms with van der Waals surface area (Å²) in [6.07, 6.45) is 5.29. The minimum Gasteiger partial charge on any atom is -0.294 e. The molecule has 0 saturated heterocycles. The van der Waals surface area contributed by atoms with Crippen LogP contribution in [-0.4, -0.2) is 15.4 Å². The predicted octanol–water partition coefficient (Wildman–Crippen LogP) is 3.20. The van der Waals surface area contributed by atoms with E-state index >= 15 is 0 Å².